The lowest BCUT2D eigenvalue weighted by molar-refractivity contribution is 0.310. The lowest BCUT2D eigenvalue weighted by Crippen LogP contribution is -2.38. The van der Waals surface area contributed by atoms with Crippen LogP contribution in [0.25, 0.3) is 0 Å². The first kappa shape index (κ1) is 27.5. The second-order valence-corrected chi connectivity index (χ2v) is 7.60. The number of hydrogen-bond acceptors (Lipinski definition) is 4. The molecule has 0 unspecified atom stereocenters. The van der Waals surface area contributed by atoms with Crippen LogP contribution < -0.4 is 20.1 Å². The van der Waals surface area contributed by atoms with E-state index in [0.29, 0.717) is 13.2 Å². The Morgan fingerprint density at radius 1 is 1.03 bits per heavy atom. The highest BCUT2D eigenvalue weighted by atomic mass is 127. The molecule has 7 nitrogen and oxygen atoms in total. The van der Waals surface area contributed by atoms with Crippen molar-refractivity contribution in [1.29, 1.82) is 0 Å². The summed E-state index contributed by atoms with van der Waals surface area (Å²) in [5.41, 5.74) is 2.47. The van der Waals surface area contributed by atoms with Crippen LogP contribution in [0.2, 0.25) is 0 Å². The third kappa shape index (κ3) is 8.55. The normalized spacial score (nSPS) is 11.0. The van der Waals surface area contributed by atoms with Crippen LogP contribution in [-0.4, -0.2) is 42.3 Å². The molecule has 2 N–H and O–H groups in total. The molecular weight excluding hydrogens is 541 g/mol. The number of benzene rings is 2. The molecule has 0 saturated carbocycles. The summed E-state index contributed by atoms with van der Waals surface area (Å²) in [5.74, 6) is 3.31. The first-order valence-electron chi connectivity index (χ1n) is 11.6. The monoisotopic (exact) mass is 577 g/mol. The minimum absolute atomic E-state index is 0. The zero-order valence-corrected chi connectivity index (χ0v) is 22.6. The fourth-order valence-electron chi connectivity index (χ4n) is 3.55. The zero-order valence-electron chi connectivity index (χ0n) is 20.3. The van der Waals surface area contributed by atoms with Crippen molar-refractivity contribution in [2.24, 2.45) is 4.99 Å². The van der Waals surface area contributed by atoms with Gasteiger partial charge in [-0.1, -0.05) is 36.4 Å². The van der Waals surface area contributed by atoms with Gasteiger partial charge in [-0.05, 0) is 49.9 Å². The molecule has 0 saturated heterocycles. The number of aromatic nitrogens is 2. The topological polar surface area (TPSA) is 72.7 Å². The van der Waals surface area contributed by atoms with Gasteiger partial charge in [-0.15, -0.1) is 24.0 Å². The molecule has 2 aromatic carbocycles. The Hall–Kier alpha value is -2.75. The Bertz CT molecular complexity index is 1010. The fraction of sp³-hybridized carbons (Fsp3) is 0.385. The van der Waals surface area contributed by atoms with Gasteiger partial charge >= 0.3 is 0 Å². The number of rotatable bonds is 12. The Labute approximate surface area is 220 Å². The highest BCUT2D eigenvalue weighted by Crippen LogP contribution is 2.28. The van der Waals surface area contributed by atoms with E-state index < -0.39 is 0 Å². The molecule has 0 spiro atoms. The number of ether oxygens (including phenoxy) is 2. The molecule has 0 atom stereocenters. The van der Waals surface area contributed by atoms with E-state index in [4.69, 9.17) is 14.5 Å². The van der Waals surface area contributed by atoms with E-state index in [-0.39, 0.29) is 24.0 Å². The van der Waals surface area contributed by atoms with Crippen LogP contribution in [0.4, 0.5) is 0 Å². The Kier molecular flexibility index (Phi) is 12.3. The van der Waals surface area contributed by atoms with Gasteiger partial charge in [-0.3, -0.25) is 0 Å². The quantitative estimate of drug-likeness (QED) is 0.142. The van der Waals surface area contributed by atoms with Crippen molar-refractivity contribution < 1.29 is 9.47 Å². The maximum atomic E-state index is 5.68. The van der Waals surface area contributed by atoms with Crippen LogP contribution in [0.3, 0.4) is 0 Å². The summed E-state index contributed by atoms with van der Waals surface area (Å²) in [6.07, 6.45) is 5.76. The molecule has 34 heavy (non-hydrogen) atoms. The standard InChI is InChI=1S/C26H35N5O2.HI/c1-4-27-26(29-15-9-12-21-13-14-23(32-3)24(18-21)33-5-2)30-19-25-28-16-17-31(25)20-22-10-7-6-8-11-22;/h6-8,10-11,13-14,16-18H,4-5,9,12,15,19-20H2,1-3H3,(H2,27,29,30);1H. The van der Waals surface area contributed by atoms with Gasteiger partial charge in [0, 0.05) is 32.0 Å². The molecule has 0 aliphatic rings. The summed E-state index contributed by atoms with van der Waals surface area (Å²) < 4.78 is 13.2. The molecule has 0 radical (unpaired) electrons. The summed E-state index contributed by atoms with van der Waals surface area (Å²) >= 11 is 0. The van der Waals surface area contributed by atoms with E-state index in [1.807, 2.05) is 31.5 Å². The Morgan fingerprint density at radius 2 is 1.85 bits per heavy atom. The van der Waals surface area contributed by atoms with E-state index >= 15 is 0 Å². The van der Waals surface area contributed by atoms with Crippen LogP contribution in [0.15, 0.2) is 65.9 Å². The van der Waals surface area contributed by atoms with Crippen LogP contribution in [-0.2, 0) is 19.5 Å². The summed E-state index contributed by atoms with van der Waals surface area (Å²) in [5, 5.41) is 6.75. The number of guanidine groups is 1. The summed E-state index contributed by atoms with van der Waals surface area (Å²) in [7, 11) is 1.66. The van der Waals surface area contributed by atoms with Crippen molar-refractivity contribution in [3.63, 3.8) is 0 Å². The molecule has 0 aliphatic heterocycles. The first-order valence-corrected chi connectivity index (χ1v) is 11.6. The molecule has 0 bridgehead atoms. The van der Waals surface area contributed by atoms with Crippen LogP contribution in [0, 0.1) is 0 Å². The Morgan fingerprint density at radius 3 is 2.59 bits per heavy atom. The van der Waals surface area contributed by atoms with Gasteiger partial charge in [0.1, 0.15) is 12.4 Å². The second kappa shape index (κ2) is 15.2. The number of nitrogens with one attached hydrogen (secondary N) is 2. The molecular formula is C26H36IN5O2. The van der Waals surface area contributed by atoms with Gasteiger partial charge in [0.25, 0.3) is 0 Å². The SMILES string of the molecule is CCNC(=NCc1nccn1Cc1ccccc1)NCCCc1ccc(OC)c(OCC)c1.I. The van der Waals surface area contributed by atoms with E-state index in [2.05, 4.69) is 63.5 Å². The zero-order chi connectivity index (χ0) is 23.3. The van der Waals surface area contributed by atoms with Gasteiger partial charge in [-0.25, -0.2) is 9.98 Å². The Balaban J connectivity index is 0.00000408. The van der Waals surface area contributed by atoms with Crippen LogP contribution >= 0.6 is 24.0 Å². The van der Waals surface area contributed by atoms with E-state index in [9.17, 15) is 0 Å². The van der Waals surface area contributed by atoms with Crippen LogP contribution in [0.1, 0.15) is 37.2 Å². The average Bonchev–Trinajstić information content (AvgIpc) is 3.28. The molecule has 3 aromatic rings. The van der Waals surface area contributed by atoms with Gasteiger partial charge < -0.3 is 24.7 Å². The number of imidazole rings is 1. The van der Waals surface area contributed by atoms with Gasteiger partial charge in [0.2, 0.25) is 0 Å². The van der Waals surface area contributed by atoms with Crippen molar-refractivity contribution in [2.75, 3.05) is 26.8 Å². The molecule has 184 valence electrons. The number of aryl methyl sites for hydroxylation is 1. The number of hydrogen-bond donors (Lipinski definition) is 2. The molecule has 0 aliphatic carbocycles. The van der Waals surface area contributed by atoms with E-state index in [1.165, 1.54) is 11.1 Å². The second-order valence-electron chi connectivity index (χ2n) is 7.60. The highest BCUT2D eigenvalue weighted by Gasteiger charge is 2.07. The predicted octanol–water partition coefficient (Wildman–Crippen LogP) is 4.64. The van der Waals surface area contributed by atoms with Crippen molar-refractivity contribution in [3.05, 3.63) is 77.9 Å². The van der Waals surface area contributed by atoms with Crippen molar-refractivity contribution >= 4 is 29.9 Å². The highest BCUT2D eigenvalue weighted by molar-refractivity contribution is 14.0. The maximum Gasteiger partial charge on any atom is 0.191 e. The van der Waals surface area contributed by atoms with Gasteiger partial charge in [0.05, 0.1) is 13.7 Å². The molecule has 1 aromatic heterocycles. The maximum absolute atomic E-state index is 5.68. The summed E-state index contributed by atoms with van der Waals surface area (Å²) in [6, 6.07) is 16.5. The van der Waals surface area contributed by atoms with Crippen molar-refractivity contribution in [2.45, 2.75) is 39.8 Å². The minimum Gasteiger partial charge on any atom is -0.493 e. The smallest absolute Gasteiger partial charge is 0.191 e. The summed E-state index contributed by atoms with van der Waals surface area (Å²) in [4.78, 5) is 9.23. The first-order chi connectivity index (χ1) is 16.2. The summed E-state index contributed by atoms with van der Waals surface area (Å²) in [6.45, 7) is 7.60. The lowest BCUT2D eigenvalue weighted by Gasteiger charge is -2.13. The predicted molar refractivity (Wildman–Crippen MR) is 148 cm³/mol. The fourth-order valence-corrected chi connectivity index (χ4v) is 3.55. The number of aliphatic imine (C=N–C) groups is 1. The number of methoxy groups -OCH3 is 1. The van der Waals surface area contributed by atoms with E-state index in [1.54, 1.807) is 7.11 Å². The minimum atomic E-state index is 0. The lowest BCUT2D eigenvalue weighted by atomic mass is 10.1. The number of halogens is 1. The molecule has 0 amide bonds. The van der Waals surface area contributed by atoms with Gasteiger partial charge in [0.15, 0.2) is 17.5 Å². The van der Waals surface area contributed by atoms with Crippen molar-refractivity contribution in [1.82, 2.24) is 20.2 Å². The largest absolute Gasteiger partial charge is 0.493 e. The molecule has 1 heterocycles. The third-order valence-corrected chi connectivity index (χ3v) is 5.18. The molecule has 0 fully saturated rings. The van der Waals surface area contributed by atoms with E-state index in [0.717, 1.165) is 55.8 Å². The molecule has 3 rings (SSSR count). The molecule has 8 heteroatoms. The van der Waals surface area contributed by atoms with Crippen molar-refractivity contribution in [3.8, 4) is 11.5 Å². The third-order valence-electron chi connectivity index (χ3n) is 5.18. The van der Waals surface area contributed by atoms with Gasteiger partial charge in [-0.2, -0.15) is 0 Å². The van der Waals surface area contributed by atoms with Crippen LogP contribution in [0.5, 0.6) is 11.5 Å². The number of nitrogens with zero attached hydrogens (tertiary/aromatic N) is 3. The average molecular weight is 578 g/mol.